The van der Waals surface area contributed by atoms with Gasteiger partial charge in [0.05, 0.1) is 0 Å². The summed E-state index contributed by atoms with van der Waals surface area (Å²) >= 11 is 0. The van der Waals surface area contributed by atoms with Crippen LogP contribution in [0.15, 0.2) is 42.5 Å². The average molecular weight is 582 g/mol. The fourth-order valence-electron chi connectivity index (χ4n) is 4.74. The highest BCUT2D eigenvalue weighted by Gasteiger charge is 2.36. The Hall–Kier alpha value is -3.55. The van der Waals surface area contributed by atoms with E-state index in [2.05, 4.69) is 17.6 Å². The van der Waals surface area contributed by atoms with Crippen molar-refractivity contribution in [2.75, 3.05) is 6.54 Å². The molecule has 2 aromatic rings. The van der Waals surface area contributed by atoms with Crippen LogP contribution in [-0.4, -0.2) is 52.1 Å². The molecule has 232 valence electrons. The van der Waals surface area contributed by atoms with Gasteiger partial charge < -0.3 is 25.4 Å². The molecule has 2 rings (SSSR count). The van der Waals surface area contributed by atoms with Gasteiger partial charge in [-0.2, -0.15) is 0 Å². The Morgan fingerprint density at radius 1 is 0.905 bits per heavy atom. The molecule has 0 fully saturated rings. The lowest BCUT2D eigenvalue weighted by Crippen LogP contribution is -2.54. The minimum Gasteiger partial charge on any atom is -0.508 e. The fourth-order valence-corrected chi connectivity index (χ4v) is 4.74. The van der Waals surface area contributed by atoms with Crippen molar-refractivity contribution in [3.63, 3.8) is 0 Å². The van der Waals surface area contributed by atoms with Gasteiger partial charge in [-0.25, -0.2) is 4.79 Å². The van der Waals surface area contributed by atoms with Crippen molar-refractivity contribution in [1.29, 1.82) is 0 Å². The summed E-state index contributed by atoms with van der Waals surface area (Å²) in [4.78, 5) is 42.9. The first-order chi connectivity index (χ1) is 19.7. The first kappa shape index (κ1) is 34.7. The molecule has 0 bridgehead atoms. The van der Waals surface area contributed by atoms with E-state index in [1.54, 1.807) is 49.9 Å². The van der Waals surface area contributed by atoms with Crippen LogP contribution in [0.1, 0.15) is 102 Å². The highest BCUT2D eigenvalue weighted by atomic mass is 16.6. The number of nitrogens with one attached hydrogen (secondary N) is 2. The number of rotatable bonds is 14. The molecule has 2 atom stereocenters. The lowest BCUT2D eigenvalue weighted by Gasteiger charge is -2.35. The molecule has 3 amide bonds. The fraction of sp³-hybridized carbons (Fsp3) is 0.559. The van der Waals surface area contributed by atoms with Crippen molar-refractivity contribution in [3.05, 3.63) is 64.7 Å². The van der Waals surface area contributed by atoms with E-state index in [9.17, 15) is 19.5 Å². The normalized spacial score (nSPS) is 12.9. The number of phenolic OH excluding ortho intramolecular Hbond substituents is 1. The van der Waals surface area contributed by atoms with Gasteiger partial charge in [0.2, 0.25) is 11.8 Å². The summed E-state index contributed by atoms with van der Waals surface area (Å²) in [6, 6.07) is 10.4. The quantitative estimate of drug-likeness (QED) is 0.221. The number of nitrogens with zero attached hydrogens (tertiary/aromatic N) is 1. The number of carbonyl (C=O) groups is 3. The molecule has 0 aliphatic carbocycles. The molecule has 3 N–H and O–H groups in total. The van der Waals surface area contributed by atoms with Gasteiger partial charge in [0.25, 0.3) is 0 Å². The van der Waals surface area contributed by atoms with E-state index in [1.165, 1.54) is 0 Å². The van der Waals surface area contributed by atoms with E-state index < -0.39 is 23.8 Å². The zero-order valence-electron chi connectivity index (χ0n) is 26.8. The molecule has 2 unspecified atom stereocenters. The van der Waals surface area contributed by atoms with Gasteiger partial charge in [0.1, 0.15) is 23.4 Å². The molecule has 42 heavy (non-hydrogen) atoms. The van der Waals surface area contributed by atoms with Gasteiger partial charge in [-0.15, -0.1) is 0 Å². The minimum absolute atomic E-state index is 0.107. The summed E-state index contributed by atoms with van der Waals surface area (Å²) in [6.45, 7) is 15.6. The van der Waals surface area contributed by atoms with Gasteiger partial charge in [-0.1, -0.05) is 62.9 Å². The number of alkyl carbamates (subject to hydrolysis) is 1. The minimum atomic E-state index is -0.999. The first-order valence-corrected chi connectivity index (χ1v) is 15.2. The molecule has 0 aromatic heterocycles. The summed E-state index contributed by atoms with van der Waals surface area (Å²) in [5.41, 5.74) is 2.83. The zero-order valence-corrected chi connectivity index (χ0v) is 26.8. The molecule has 0 saturated heterocycles. The van der Waals surface area contributed by atoms with Crippen molar-refractivity contribution in [2.45, 2.75) is 118 Å². The Morgan fingerprint density at radius 2 is 1.55 bits per heavy atom. The number of ether oxygens (including phenoxy) is 1. The Morgan fingerprint density at radius 3 is 2.12 bits per heavy atom. The largest absolute Gasteiger partial charge is 0.508 e. The number of unbranched alkanes of at least 4 members (excludes halogenated alkanes) is 4. The maximum atomic E-state index is 14.5. The number of aromatic hydroxyl groups is 1. The maximum absolute atomic E-state index is 14.5. The number of phenols is 1. The SMILES string of the molecule is CCCCCCCN(C(=O)C(Cc1ccc(O)cc1)NC(=O)OC(C)(C)C)C(C(=O)NC(C)C)c1ccc(C)c(C)c1. The van der Waals surface area contributed by atoms with Gasteiger partial charge in [0.15, 0.2) is 0 Å². The predicted octanol–water partition coefficient (Wildman–Crippen LogP) is 6.51. The standard InChI is InChI=1S/C34H51N3O5/c1-9-10-11-12-13-20-37(30(31(39)35-23(2)3)27-17-14-24(4)25(5)21-27)32(40)29(36-33(41)42-34(6,7)8)22-26-15-18-28(38)19-16-26/h14-19,21,23,29-30,38H,9-13,20,22H2,1-8H3,(H,35,39)(H,36,41). The summed E-state index contributed by atoms with van der Waals surface area (Å²) in [5, 5.41) is 15.6. The third-order valence-electron chi connectivity index (χ3n) is 6.99. The molecule has 0 aliphatic heterocycles. The van der Waals surface area contributed by atoms with Gasteiger partial charge in [0, 0.05) is 19.0 Å². The topological polar surface area (TPSA) is 108 Å². The molecule has 0 radical (unpaired) electrons. The first-order valence-electron chi connectivity index (χ1n) is 15.2. The number of amides is 3. The van der Waals surface area contributed by atoms with Crippen molar-refractivity contribution in [2.24, 2.45) is 0 Å². The van der Waals surface area contributed by atoms with Gasteiger partial charge in [-0.3, -0.25) is 9.59 Å². The third-order valence-corrected chi connectivity index (χ3v) is 6.99. The van der Waals surface area contributed by atoms with Crippen molar-refractivity contribution in [1.82, 2.24) is 15.5 Å². The second-order valence-electron chi connectivity index (χ2n) is 12.4. The van der Waals surface area contributed by atoms with Crippen LogP contribution in [0.2, 0.25) is 0 Å². The van der Waals surface area contributed by atoms with E-state index in [-0.39, 0.29) is 30.0 Å². The van der Waals surface area contributed by atoms with Crippen molar-refractivity contribution < 1.29 is 24.2 Å². The molecular formula is C34H51N3O5. The third kappa shape index (κ3) is 11.4. The van der Waals surface area contributed by atoms with Crippen LogP contribution in [0.3, 0.4) is 0 Å². The monoisotopic (exact) mass is 581 g/mol. The van der Waals surface area contributed by atoms with E-state index >= 15 is 0 Å². The van der Waals surface area contributed by atoms with Gasteiger partial charge >= 0.3 is 6.09 Å². The molecular weight excluding hydrogens is 530 g/mol. The van der Waals surface area contributed by atoms with Crippen LogP contribution in [-0.2, 0) is 20.7 Å². The molecule has 8 nitrogen and oxygen atoms in total. The summed E-state index contributed by atoms with van der Waals surface area (Å²) in [5.74, 6) is -0.530. The Kier molecular flexibility index (Phi) is 13.4. The van der Waals surface area contributed by atoms with Crippen molar-refractivity contribution in [3.8, 4) is 5.75 Å². The molecule has 0 aliphatic rings. The summed E-state index contributed by atoms with van der Waals surface area (Å²) in [7, 11) is 0. The smallest absolute Gasteiger partial charge is 0.408 e. The van der Waals surface area contributed by atoms with E-state index in [0.717, 1.165) is 54.4 Å². The lowest BCUT2D eigenvalue weighted by molar-refractivity contribution is -0.142. The Bertz CT molecular complexity index is 1170. The van der Waals surface area contributed by atoms with E-state index in [4.69, 9.17) is 4.74 Å². The number of aryl methyl sites for hydroxylation is 2. The highest BCUT2D eigenvalue weighted by molar-refractivity contribution is 5.92. The Labute approximate surface area is 252 Å². The van der Waals surface area contributed by atoms with Crippen LogP contribution in [0, 0.1) is 13.8 Å². The average Bonchev–Trinajstić information content (AvgIpc) is 2.88. The summed E-state index contributed by atoms with van der Waals surface area (Å²) in [6.07, 6.45) is 4.34. The maximum Gasteiger partial charge on any atom is 0.408 e. The van der Waals surface area contributed by atoms with E-state index in [1.807, 2.05) is 45.9 Å². The predicted molar refractivity (Wildman–Crippen MR) is 167 cm³/mol. The second kappa shape index (κ2) is 16.2. The number of hydrogen-bond donors (Lipinski definition) is 3. The Balaban J connectivity index is 2.58. The molecule has 8 heteroatoms. The second-order valence-corrected chi connectivity index (χ2v) is 12.4. The van der Waals surface area contributed by atoms with Crippen LogP contribution < -0.4 is 10.6 Å². The van der Waals surface area contributed by atoms with E-state index in [0.29, 0.717) is 6.54 Å². The lowest BCUT2D eigenvalue weighted by atomic mass is 9.96. The summed E-state index contributed by atoms with van der Waals surface area (Å²) < 4.78 is 5.51. The highest BCUT2D eigenvalue weighted by Crippen LogP contribution is 2.27. The zero-order chi connectivity index (χ0) is 31.4. The number of hydrogen-bond acceptors (Lipinski definition) is 5. The van der Waals surface area contributed by atoms with Gasteiger partial charge in [-0.05, 0) is 89.3 Å². The van der Waals surface area contributed by atoms with Crippen LogP contribution in [0.25, 0.3) is 0 Å². The number of carbonyl (C=O) groups excluding carboxylic acids is 3. The molecule has 0 heterocycles. The molecule has 0 spiro atoms. The molecule has 2 aromatic carbocycles. The molecule has 0 saturated carbocycles. The van der Waals surface area contributed by atoms with Crippen LogP contribution >= 0.6 is 0 Å². The van der Waals surface area contributed by atoms with Crippen LogP contribution in [0.4, 0.5) is 4.79 Å². The van der Waals surface area contributed by atoms with Crippen LogP contribution in [0.5, 0.6) is 5.75 Å². The van der Waals surface area contributed by atoms with Crippen molar-refractivity contribution >= 4 is 17.9 Å². The number of benzene rings is 2.